The maximum absolute atomic E-state index is 12.3. The minimum Gasteiger partial charge on any atom is -0.505 e. The molecule has 1 atom stereocenters. The Morgan fingerprint density at radius 1 is 1.19 bits per heavy atom. The summed E-state index contributed by atoms with van der Waals surface area (Å²) in [6.45, 7) is 1.44. The maximum Gasteiger partial charge on any atom is 0.255 e. The molecule has 0 aliphatic heterocycles. The van der Waals surface area contributed by atoms with Gasteiger partial charge in [-0.25, -0.2) is 0 Å². The summed E-state index contributed by atoms with van der Waals surface area (Å²) in [4.78, 5) is 12.3. The molecule has 0 saturated carbocycles. The zero-order valence-electron chi connectivity index (χ0n) is 11.7. The SMILES string of the molecule is CC(CO)(NC(=O)c1cccc(N)c1O)c1ccccc1. The Morgan fingerprint density at radius 3 is 2.48 bits per heavy atom. The van der Waals surface area contributed by atoms with Crippen LogP contribution in [0.1, 0.15) is 22.8 Å². The smallest absolute Gasteiger partial charge is 0.255 e. The van der Waals surface area contributed by atoms with E-state index < -0.39 is 11.4 Å². The molecule has 0 bridgehead atoms. The number of amides is 1. The van der Waals surface area contributed by atoms with Gasteiger partial charge in [-0.05, 0) is 24.6 Å². The van der Waals surface area contributed by atoms with E-state index in [0.717, 1.165) is 5.56 Å². The van der Waals surface area contributed by atoms with Gasteiger partial charge in [-0.3, -0.25) is 4.79 Å². The average molecular weight is 286 g/mol. The van der Waals surface area contributed by atoms with Crippen LogP contribution in [0.25, 0.3) is 0 Å². The van der Waals surface area contributed by atoms with Crippen LogP contribution < -0.4 is 11.1 Å². The molecular formula is C16H18N2O3. The molecule has 2 aromatic carbocycles. The fourth-order valence-corrected chi connectivity index (χ4v) is 2.07. The third kappa shape index (κ3) is 2.98. The van der Waals surface area contributed by atoms with Gasteiger partial charge in [0.2, 0.25) is 0 Å². The topological polar surface area (TPSA) is 95.6 Å². The first-order valence-electron chi connectivity index (χ1n) is 6.54. The number of phenolic OH excluding ortho intramolecular Hbond substituents is 1. The number of aliphatic hydroxyl groups is 1. The Balaban J connectivity index is 2.30. The number of hydrogen-bond donors (Lipinski definition) is 4. The van der Waals surface area contributed by atoms with Crippen molar-refractivity contribution in [3.8, 4) is 5.75 Å². The maximum atomic E-state index is 12.3. The van der Waals surface area contributed by atoms with E-state index in [-0.39, 0.29) is 23.6 Å². The summed E-state index contributed by atoms with van der Waals surface area (Å²) < 4.78 is 0. The predicted octanol–water partition coefficient (Wildman–Crippen LogP) is 1.61. The van der Waals surface area contributed by atoms with Crippen molar-refractivity contribution in [3.05, 3.63) is 59.7 Å². The first-order chi connectivity index (χ1) is 9.98. The lowest BCUT2D eigenvalue weighted by atomic mass is 9.92. The lowest BCUT2D eigenvalue weighted by Gasteiger charge is -2.29. The van der Waals surface area contributed by atoms with Crippen LogP contribution in [0.5, 0.6) is 5.75 Å². The summed E-state index contributed by atoms with van der Waals surface area (Å²) in [6.07, 6.45) is 0. The molecule has 0 heterocycles. The highest BCUT2D eigenvalue weighted by atomic mass is 16.3. The number of nitrogens with one attached hydrogen (secondary N) is 1. The molecule has 0 spiro atoms. The van der Waals surface area contributed by atoms with E-state index in [2.05, 4.69) is 5.32 Å². The molecule has 5 N–H and O–H groups in total. The number of hydrogen-bond acceptors (Lipinski definition) is 4. The number of aromatic hydroxyl groups is 1. The van der Waals surface area contributed by atoms with Gasteiger partial charge in [0.1, 0.15) is 0 Å². The number of nitrogen functional groups attached to an aromatic ring is 1. The van der Waals surface area contributed by atoms with Gasteiger partial charge >= 0.3 is 0 Å². The van der Waals surface area contributed by atoms with Crippen molar-refractivity contribution in [2.24, 2.45) is 0 Å². The average Bonchev–Trinajstić information content (AvgIpc) is 2.50. The number of carbonyl (C=O) groups excluding carboxylic acids is 1. The van der Waals surface area contributed by atoms with Gasteiger partial charge in [0.05, 0.1) is 23.4 Å². The highest BCUT2D eigenvalue weighted by molar-refractivity contribution is 5.98. The Morgan fingerprint density at radius 2 is 1.86 bits per heavy atom. The van der Waals surface area contributed by atoms with Crippen molar-refractivity contribution in [2.75, 3.05) is 12.3 Å². The van der Waals surface area contributed by atoms with Gasteiger partial charge in [0, 0.05) is 0 Å². The summed E-state index contributed by atoms with van der Waals surface area (Å²) >= 11 is 0. The van der Waals surface area contributed by atoms with E-state index in [4.69, 9.17) is 5.73 Å². The third-order valence-corrected chi connectivity index (χ3v) is 3.43. The van der Waals surface area contributed by atoms with E-state index in [1.165, 1.54) is 12.1 Å². The number of nitrogens with two attached hydrogens (primary N) is 1. The number of benzene rings is 2. The van der Waals surface area contributed by atoms with Gasteiger partial charge in [-0.15, -0.1) is 0 Å². The summed E-state index contributed by atoms with van der Waals surface area (Å²) in [5, 5.41) is 22.3. The van der Waals surface area contributed by atoms with Crippen LogP contribution in [0.15, 0.2) is 48.5 Å². The Labute approximate surface area is 123 Å². The predicted molar refractivity (Wildman–Crippen MR) is 80.9 cm³/mol. The Hall–Kier alpha value is -2.53. The van der Waals surface area contributed by atoms with E-state index in [1.807, 2.05) is 30.3 Å². The standard InChI is InChI=1S/C16H18N2O3/c1-16(10-19,11-6-3-2-4-7-11)18-15(21)12-8-5-9-13(17)14(12)20/h2-9,19-20H,10,17H2,1H3,(H,18,21). The second-order valence-electron chi connectivity index (χ2n) is 5.05. The van der Waals surface area contributed by atoms with Crippen molar-refractivity contribution >= 4 is 11.6 Å². The second-order valence-corrected chi connectivity index (χ2v) is 5.05. The molecule has 1 amide bonds. The fourth-order valence-electron chi connectivity index (χ4n) is 2.07. The lowest BCUT2D eigenvalue weighted by Crippen LogP contribution is -2.46. The molecule has 1 unspecified atom stereocenters. The van der Waals surface area contributed by atoms with Crippen LogP contribution in [0.3, 0.4) is 0 Å². The largest absolute Gasteiger partial charge is 0.505 e. The van der Waals surface area contributed by atoms with Crippen molar-refractivity contribution < 1.29 is 15.0 Å². The van der Waals surface area contributed by atoms with Gasteiger partial charge in [-0.2, -0.15) is 0 Å². The van der Waals surface area contributed by atoms with E-state index in [0.29, 0.717) is 0 Å². The summed E-state index contributed by atoms with van der Waals surface area (Å²) in [5.74, 6) is -0.761. The molecular weight excluding hydrogens is 268 g/mol. The third-order valence-electron chi connectivity index (χ3n) is 3.43. The molecule has 21 heavy (non-hydrogen) atoms. The van der Waals surface area contributed by atoms with Crippen molar-refractivity contribution in [1.82, 2.24) is 5.32 Å². The monoisotopic (exact) mass is 286 g/mol. The highest BCUT2D eigenvalue weighted by Crippen LogP contribution is 2.26. The molecule has 0 aliphatic rings. The van der Waals surface area contributed by atoms with Gasteiger partial charge in [0.25, 0.3) is 5.91 Å². The molecule has 0 aromatic heterocycles. The minimum atomic E-state index is -0.949. The van der Waals surface area contributed by atoms with Crippen LogP contribution in [0.4, 0.5) is 5.69 Å². The van der Waals surface area contributed by atoms with Crippen LogP contribution in [-0.2, 0) is 5.54 Å². The molecule has 110 valence electrons. The Kier molecular flexibility index (Phi) is 4.14. The van der Waals surface area contributed by atoms with Crippen molar-refractivity contribution in [1.29, 1.82) is 0 Å². The number of phenols is 1. The quantitative estimate of drug-likeness (QED) is 0.507. The first-order valence-corrected chi connectivity index (χ1v) is 6.54. The van der Waals surface area contributed by atoms with E-state index >= 15 is 0 Å². The fraction of sp³-hybridized carbons (Fsp3) is 0.188. The molecule has 0 saturated heterocycles. The summed E-state index contributed by atoms with van der Waals surface area (Å²) in [5.41, 5.74) is 5.61. The lowest BCUT2D eigenvalue weighted by molar-refractivity contribution is 0.0847. The molecule has 5 heteroatoms. The molecule has 2 aromatic rings. The summed E-state index contributed by atoms with van der Waals surface area (Å²) in [6, 6.07) is 13.7. The zero-order valence-corrected chi connectivity index (χ0v) is 11.7. The van der Waals surface area contributed by atoms with Gasteiger partial charge in [-0.1, -0.05) is 36.4 Å². The van der Waals surface area contributed by atoms with Gasteiger partial charge < -0.3 is 21.3 Å². The minimum absolute atomic E-state index is 0.0746. The number of rotatable bonds is 4. The molecule has 0 aliphatic carbocycles. The molecule has 2 rings (SSSR count). The van der Waals surface area contributed by atoms with Crippen molar-refractivity contribution in [3.63, 3.8) is 0 Å². The second kappa shape index (κ2) is 5.85. The van der Waals surface area contributed by atoms with Crippen molar-refractivity contribution in [2.45, 2.75) is 12.5 Å². The number of para-hydroxylation sites is 1. The van der Waals surface area contributed by atoms with Crippen LogP contribution in [0, 0.1) is 0 Å². The molecule has 0 radical (unpaired) electrons. The van der Waals surface area contributed by atoms with Crippen LogP contribution >= 0.6 is 0 Å². The van der Waals surface area contributed by atoms with E-state index in [9.17, 15) is 15.0 Å². The Bertz CT molecular complexity index is 643. The number of carbonyl (C=O) groups is 1. The highest BCUT2D eigenvalue weighted by Gasteiger charge is 2.29. The number of anilines is 1. The van der Waals surface area contributed by atoms with Crippen LogP contribution in [0.2, 0.25) is 0 Å². The first kappa shape index (κ1) is 14.9. The van der Waals surface area contributed by atoms with E-state index in [1.54, 1.807) is 13.0 Å². The van der Waals surface area contributed by atoms with Crippen LogP contribution in [-0.4, -0.2) is 22.7 Å². The number of aliphatic hydroxyl groups excluding tert-OH is 1. The summed E-state index contributed by atoms with van der Waals surface area (Å²) in [7, 11) is 0. The van der Waals surface area contributed by atoms with Gasteiger partial charge in [0.15, 0.2) is 5.75 Å². The molecule has 0 fully saturated rings. The molecule has 5 nitrogen and oxygen atoms in total. The zero-order chi connectivity index (χ0) is 15.5. The normalized spacial score (nSPS) is 13.4.